The van der Waals surface area contributed by atoms with Crippen LogP contribution in [0, 0.1) is 0 Å². The first kappa shape index (κ1) is 26.3. The summed E-state index contributed by atoms with van der Waals surface area (Å²) in [5.41, 5.74) is 0. The Morgan fingerprint density at radius 3 is 1.93 bits per heavy atom. The lowest BCUT2D eigenvalue weighted by atomic mass is 10.1. The summed E-state index contributed by atoms with van der Waals surface area (Å²) in [6, 6.07) is 0. The van der Waals surface area contributed by atoms with Crippen LogP contribution in [0.2, 0.25) is 0 Å². The minimum absolute atomic E-state index is 0.296. The lowest BCUT2D eigenvalue weighted by Crippen LogP contribution is -2.26. The number of phosphoric ester groups is 1. The zero-order chi connectivity index (χ0) is 20.4. The average Bonchev–Trinajstić information content (AvgIpc) is 2.59. The summed E-state index contributed by atoms with van der Waals surface area (Å²) >= 11 is 0. The Balaban J connectivity index is 3.66. The molecule has 0 aliphatic carbocycles. The van der Waals surface area contributed by atoms with E-state index in [1.807, 2.05) is 0 Å². The van der Waals surface area contributed by atoms with E-state index in [0.29, 0.717) is 13.0 Å². The molecule has 0 aliphatic rings. The van der Waals surface area contributed by atoms with Crippen molar-refractivity contribution in [3.05, 3.63) is 12.2 Å². The van der Waals surface area contributed by atoms with E-state index in [4.69, 9.17) is 14.5 Å². The van der Waals surface area contributed by atoms with Gasteiger partial charge in [0.1, 0.15) is 0 Å². The molecule has 0 radical (unpaired) electrons. The molecule has 27 heavy (non-hydrogen) atoms. The van der Waals surface area contributed by atoms with E-state index >= 15 is 0 Å². The predicted molar refractivity (Wildman–Crippen MR) is 108 cm³/mol. The van der Waals surface area contributed by atoms with Crippen molar-refractivity contribution in [2.24, 2.45) is 0 Å². The zero-order valence-electron chi connectivity index (χ0n) is 17.1. The van der Waals surface area contributed by atoms with Crippen molar-refractivity contribution in [1.29, 1.82) is 0 Å². The molecule has 0 saturated heterocycles. The smallest absolute Gasteiger partial charge is 0.369 e. The predicted octanol–water partition coefficient (Wildman–Crippen LogP) is 5.67. The van der Waals surface area contributed by atoms with Gasteiger partial charge in [-0.2, -0.15) is 0 Å². The van der Waals surface area contributed by atoms with Gasteiger partial charge in [-0.25, -0.2) is 9.36 Å². The molecule has 0 spiro atoms. The van der Waals surface area contributed by atoms with Crippen LogP contribution < -0.4 is 0 Å². The minimum atomic E-state index is -4.81. The SMILES string of the molecule is CCCCCCCCC=CCCCCCCC(OCC)C(=O)OP(=O)(O)O. The van der Waals surface area contributed by atoms with Gasteiger partial charge in [-0.05, 0) is 39.0 Å². The highest BCUT2D eigenvalue weighted by atomic mass is 31.2. The van der Waals surface area contributed by atoms with Gasteiger partial charge in [-0.3, -0.25) is 9.79 Å². The number of hydrogen-bond donors (Lipinski definition) is 2. The molecule has 2 N–H and O–H groups in total. The molecule has 0 aromatic carbocycles. The number of ether oxygens (including phenoxy) is 1. The second-order valence-corrected chi connectivity index (χ2v) is 8.03. The van der Waals surface area contributed by atoms with E-state index in [-0.39, 0.29) is 0 Å². The van der Waals surface area contributed by atoms with Crippen LogP contribution in [0.1, 0.15) is 97.3 Å². The maximum atomic E-state index is 11.7. The van der Waals surface area contributed by atoms with Crippen molar-refractivity contribution in [3.8, 4) is 0 Å². The van der Waals surface area contributed by atoms with Gasteiger partial charge < -0.3 is 9.26 Å². The van der Waals surface area contributed by atoms with Gasteiger partial charge in [-0.15, -0.1) is 0 Å². The molecule has 0 bridgehead atoms. The van der Waals surface area contributed by atoms with Gasteiger partial charge in [0.25, 0.3) is 0 Å². The molecule has 0 aromatic heterocycles. The monoisotopic (exact) mass is 406 g/mol. The van der Waals surface area contributed by atoms with Crippen LogP contribution >= 0.6 is 7.82 Å². The number of unbranched alkanes of at least 4 members (excludes halogenated alkanes) is 10. The third kappa shape index (κ3) is 18.4. The first-order valence-electron chi connectivity index (χ1n) is 10.5. The molecule has 6 nitrogen and oxygen atoms in total. The normalized spacial score (nSPS) is 13.2. The van der Waals surface area contributed by atoms with Gasteiger partial charge in [0, 0.05) is 6.61 Å². The largest absolute Gasteiger partial charge is 0.527 e. The summed E-state index contributed by atoms with van der Waals surface area (Å²) in [5.74, 6) is -0.984. The fourth-order valence-electron chi connectivity index (χ4n) is 2.87. The van der Waals surface area contributed by atoms with E-state index in [9.17, 15) is 9.36 Å². The van der Waals surface area contributed by atoms with Crippen molar-refractivity contribution in [1.82, 2.24) is 0 Å². The first-order chi connectivity index (χ1) is 12.9. The molecule has 0 aromatic rings. The Kier molecular flexibility index (Phi) is 17.0. The Labute approximate surface area is 165 Å². The molecule has 0 heterocycles. The number of phosphoric acid groups is 1. The maximum absolute atomic E-state index is 11.7. The van der Waals surface area contributed by atoms with Crippen molar-refractivity contribution in [2.45, 2.75) is 103 Å². The molecular weight excluding hydrogens is 367 g/mol. The number of allylic oxidation sites excluding steroid dienone is 2. The summed E-state index contributed by atoms with van der Waals surface area (Å²) in [6.07, 6.45) is 18.2. The summed E-state index contributed by atoms with van der Waals surface area (Å²) in [5, 5.41) is 0. The Morgan fingerprint density at radius 1 is 0.889 bits per heavy atom. The topological polar surface area (TPSA) is 93.1 Å². The van der Waals surface area contributed by atoms with Crippen molar-refractivity contribution < 1.29 is 28.4 Å². The Bertz CT molecular complexity index is 432. The van der Waals surface area contributed by atoms with Crippen LogP contribution in [0.25, 0.3) is 0 Å². The lowest BCUT2D eigenvalue weighted by molar-refractivity contribution is -0.149. The lowest BCUT2D eigenvalue weighted by Gasteiger charge is -2.15. The van der Waals surface area contributed by atoms with Crippen LogP contribution in [0.4, 0.5) is 0 Å². The van der Waals surface area contributed by atoms with Crippen molar-refractivity contribution >= 4 is 13.8 Å². The second-order valence-electron chi connectivity index (χ2n) is 6.86. The van der Waals surface area contributed by atoms with E-state index in [1.54, 1.807) is 6.92 Å². The van der Waals surface area contributed by atoms with E-state index in [0.717, 1.165) is 32.1 Å². The summed E-state index contributed by atoms with van der Waals surface area (Å²) in [7, 11) is -4.81. The highest BCUT2D eigenvalue weighted by Crippen LogP contribution is 2.36. The molecule has 1 unspecified atom stereocenters. The number of rotatable bonds is 18. The number of carbonyl (C=O) groups is 1. The molecular formula is C20H39O6P. The standard InChI is InChI=1S/C20H39O6P/c1-3-5-6-7-8-9-10-11-12-13-14-15-16-17-18-19(25-4-2)20(21)26-27(22,23)24/h11-12,19H,3-10,13-18H2,1-2H3,(H2,22,23,24). The van der Waals surface area contributed by atoms with Crippen molar-refractivity contribution in [2.75, 3.05) is 6.61 Å². The first-order valence-corrected chi connectivity index (χ1v) is 12.0. The Hall–Kier alpha value is -0.680. The summed E-state index contributed by atoms with van der Waals surface area (Å²) in [6.45, 7) is 4.26. The number of hydrogen-bond acceptors (Lipinski definition) is 4. The van der Waals surface area contributed by atoms with Gasteiger partial charge >= 0.3 is 13.8 Å². The summed E-state index contributed by atoms with van der Waals surface area (Å²) in [4.78, 5) is 29.1. The highest BCUT2D eigenvalue weighted by Gasteiger charge is 2.27. The molecule has 1 atom stereocenters. The summed E-state index contributed by atoms with van der Waals surface area (Å²) < 4.78 is 20.1. The van der Waals surface area contributed by atoms with Crippen molar-refractivity contribution in [3.63, 3.8) is 0 Å². The van der Waals surface area contributed by atoms with Crippen LogP contribution in [-0.4, -0.2) is 28.5 Å². The van der Waals surface area contributed by atoms with Crippen LogP contribution in [0.15, 0.2) is 12.2 Å². The van der Waals surface area contributed by atoms with E-state index in [1.165, 1.54) is 44.9 Å². The average molecular weight is 407 g/mol. The minimum Gasteiger partial charge on any atom is -0.369 e. The van der Waals surface area contributed by atoms with E-state index in [2.05, 4.69) is 23.6 Å². The molecule has 7 heteroatoms. The fraction of sp³-hybridized carbons (Fsp3) is 0.850. The number of carbonyl (C=O) groups excluding carboxylic acids is 1. The third-order valence-corrected chi connectivity index (χ3v) is 4.74. The van der Waals surface area contributed by atoms with E-state index < -0.39 is 19.9 Å². The maximum Gasteiger partial charge on any atom is 0.527 e. The zero-order valence-corrected chi connectivity index (χ0v) is 18.0. The van der Waals surface area contributed by atoms with Gasteiger partial charge in [0.05, 0.1) is 0 Å². The molecule has 0 amide bonds. The van der Waals surface area contributed by atoms with Crippen LogP contribution in [0.5, 0.6) is 0 Å². The fourth-order valence-corrected chi connectivity index (χ4v) is 3.22. The molecule has 0 aliphatic heterocycles. The quantitative estimate of drug-likeness (QED) is 0.173. The van der Waals surface area contributed by atoms with Gasteiger partial charge in [-0.1, -0.05) is 70.4 Å². The Morgan fingerprint density at radius 2 is 1.41 bits per heavy atom. The third-order valence-electron chi connectivity index (χ3n) is 4.32. The van der Waals surface area contributed by atoms with Crippen LogP contribution in [-0.2, 0) is 18.6 Å². The van der Waals surface area contributed by atoms with Crippen LogP contribution in [0.3, 0.4) is 0 Å². The molecule has 160 valence electrons. The second kappa shape index (κ2) is 17.4. The molecule has 0 saturated carbocycles. The highest BCUT2D eigenvalue weighted by molar-refractivity contribution is 7.46. The van der Waals surface area contributed by atoms with Gasteiger partial charge in [0.2, 0.25) is 0 Å². The molecule has 0 fully saturated rings. The molecule has 0 rings (SSSR count). The van der Waals surface area contributed by atoms with Gasteiger partial charge in [0.15, 0.2) is 6.10 Å².